The number of nitrogens with zero attached hydrogens (tertiary/aromatic N) is 1. The summed E-state index contributed by atoms with van der Waals surface area (Å²) in [5.41, 5.74) is 5.13. The van der Waals surface area contributed by atoms with Crippen LogP contribution in [0, 0.1) is 10.1 Å². The second kappa shape index (κ2) is 6.58. The fraction of sp³-hybridized carbons (Fsp3) is 0.400. The highest BCUT2D eigenvalue weighted by atomic mass is 35.5. The van der Waals surface area contributed by atoms with Crippen LogP contribution in [0.5, 0.6) is 5.75 Å². The molecule has 0 unspecified atom stereocenters. The first-order valence-corrected chi connectivity index (χ1v) is 5.00. The van der Waals surface area contributed by atoms with E-state index in [4.69, 9.17) is 5.73 Å². The molecule has 5 nitrogen and oxygen atoms in total. The van der Waals surface area contributed by atoms with Crippen molar-refractivity contribution in [1.29, 1.82) is 0 Å². The van der Waals surface area contributed by atoms with E-state index in [-0.39, 0.29) is 24.4 Å². The second-order valence-corrected chi connectivity index (χ2v) is 3.77. The molecule has 0 heterocycles. The Hall–Kier alpha value is -1.54. The molecule has 0 saturated heterocycles. The number of rotatable bonds is 4. The molecule has 0 aromatic heterocycles. The van der Waals surface area contributed by atoms with Crippen molar-refractivity contribution in [2.24, 2.45) is 5.73 Å². The van der Waals surface area contributed by atoms with E-state index in [9.17, 15) is 28.4 Å². The number of hydrogen-bond donors (Lipinski definition) is 2. The standard InChI is InChI=1S/C10H11F3N2O3.ClH/c11-10(12,13)4-3-7(14)6-1-2-9(16)8(5-6)15(17)18;/h1-2,5,7,16H,3-4,14H2;1H/t7-;/m0./s1. The molecule has 108 valence electrons. The predicted octanol–water partition coefficient (Wildman–Crippen LogP) is 3.06. The largest absolute Gasteiger partial charge is 0.502 e. The van der Waals surface area contributed by atoms with Crippen molar-refractivity contribution in [2.75, 3.05) is 0 Å². The SMILES string of the molecule is Cl.N[C@@H](CCC(F)(F)F)c1ccc(O)c([N+](=O)[O-])c1. The molecule has 0 aliphatic rings. The molecule has 0 amide bonds. The number of benzene rings is 1. The van der Waals surface area contributed by atoms with Crippen LogP contribution in [0.2, 0.25) is 0 Å². The summed E-state index contributed by atoms with van der Waals surface area (Å²) in [5, 5.41) is 19.7. The summed E-state index contributed by atoms with van der Waals surface area (Å²) < 4.78 is 36.0. The maximum absolute atomic E-state index is 12.0. The lowest BCUT2D eigenvalue weighted by Crippen LogP contribution is -2.15. The highest BCUT2D eigenvalue weighted by Crippen LogP contribution is 2.31. The molecule has 3 N–H and O–H groups in total. The van der Waals surface area contributed by atoms with Crippen LogP contribution >= 0.6 is 12.4 Å². The third-order valence-electron chi connectivity index (χ3n) is 2.36. The molecule has 0 aliphatic carbocycles. The minimum Gasteiger partial charge on any atom is -0.502 e. The Morgan fingerprint density at radius 3 is 2.47 bits per heavy atom. The maximum Gasteiger partial charge on any atom is 0.389 e. The van der Waals surface area contributed by atoms with Gasteiger partial charge >= 0.3 is 11.9 Å². The summed E-state index contributed by atoms with van der Waals surface area (Å²) in [6.07, 6.45) is -5.76. The van der Waals surface area contributed by atoms with Gasteiger partial charge in [0, 0.05) is 18.5 Å². The molecule has 1 aromatic rings. The van der Waals surface area contributed by atoms with Crippen LogP contribution in [-0.2, 0) is 0 Å². The molecule has 19 heavy (non-hydrogen) atoms. The average Bonchev–Trinajstić information content (AvgIpc) is 2.25. The number of nitro groups is 1. The van der Waals surface area contributed by atoms with Gasteiger partial charge in [0.2, 0.25) is 0 Å². The number of halogens is 4. The van der Waals surface area contributed by atoms with E-state index in [1.807, 2.05) is 0 Å². The van der Waals surface area contributed by atoms with E-state index in [1.165, 1.54) is 6.07 Å². The van der Waals surface area contributed by atoms with E-state index < -0.39 is 35.0 Å². The van der Waals surface area contributed by atoms with Gasteiger partial charge in [0.05, 0.1) is 4.92 Å². The number of hydrogen-bond acceptors (Lipinski definition) is 4. The van der Waals surface area contributed by atoms with Crippen molar-refractivity contribution < 1.29 is 23.2 Å². The number of phenols is 1. The van der Waals surface area contributed by atoms with Crippen molar-refractivity contribution >= 4 is 18.1 Å². The molecule has 0 spiro atoms. The Morgan fingerprint density at radius 1 is 1.42 bits per heavy atom. The van der Waals surface area contributed by atoms with Crippen LogP contribution in [0.1, 0.15) is 24.4 Å². The van der Waals surface area contributed by atoms with E-state index in [1.54, 1.807) is 0 Å². The predicted molar refractivity (Wildman–Crippen MR) is 64.2 cm³/mol. The number of phenolic OH excluding ortho intramolecular Hbond substituents is 1. The van der Waals surface area contributed by atoms with E-state index >= 15 is 0 Å². The summed E-state index contributed by atoms with van der Waals surface area (Å²) in [7, 11) is 0. The van der Waals surface area contributed by atoms with Gasteiger partial charge in [-0.25, -0.2) is 0 Å². The Labute approximate surface area is 112 Å². The quantitative estimate of drug-likeness (QED) is 0.660. The monoisotopic (exact) mass is 300 g/mol. The van der Waals surface area contributed by atoms with E-state index in [2.05, 4.69) is 0 Å². The highest BCUT2D eigenvalue weighted by molar-refractivity contribution is 5.85. The van der Waals surface area contributed by atoms with Crippen LogP contribution in [0.15, 0.2) is 18.2 Å². The zero-order valence-corrected chi connectivity index (χ0v) is 10.4. The molecule has 1 aromatic carbocycles. The lowest BCUT2D eigenvalue weighted by Gasteiger charge is -2.13. The fourth-order valence-corrected chi connectivity index (χ4v) is 1.40. The topological polar surface area (TPSA) is 89.4 Å². The minimum absolute atomic E-state index is 0. The first-order chi connectivity index (χ1) is 8.20. The van der Waals surface area contributed by atoms with Crippen molar-refractivity contribution in [3.8, 4) is 5.75 Å². The number of aromatic hydroxyl groups is 1. The first kappa shape index (κ1) is 17.5. The Bertz CT molecular complexity index is 454. The molecule has 0 saturated carbocycles. The normalized spacial score (nSPS) is 12.6. The highest BCUT2D eigenvalue weighted by Gasteiger charge is 2.28. The van der Waals surface area contributed by atoms with Gasteiger partial charge in [-0.1, -0.05) is 6.07 Å². The molecule has 0 aliphatic heterocycles. The zero-order valence-electron chi connectivity index (χ0n) is 9.55. The third-order valence-corrected chi connectivity index (χ3v) is 2.36. The van der Waals surface area contributed by atoms with Crippen molar-refractivity contribution in [3.63, 3.8) is 0 Å². The number of alkyl halides is 3. The zero-order chi connectivity index (χ0) is 13.9. The molecule has 1 rings (SSSR count). The fourth-order valence-electron chi connectivity index (χ4n) is 1.40. The van der Waals surface area contributed by atoms with Crippen LogP contribution in [-0.4, -0.2) is 16.2 Å². The maximum atomic E-state index is 12.0. The molecule has 0 radical (unpaired) electrons. The summed E-state index contributed by atoms with van der Waals surface area (Å²) >= 11 is 0. The molecule has 0 bridgehead atoms. The summed E-state index contributed by atoms with van der Waals surface area (Å²) in [6, 6.07) is 2.33. The van der Waals surface area contributed by atoms with Crippen molar-refractivity contribution in [2.45, 2.75) is 25.1 Å². The van der Waals surface area contributed by atoms with Gasteiger partial charge in [0.1, 0.15) is 0 Å². The lowest BCUT2D eigenvalue weighted by atomic mass is 10.0. The third kappa shape index (κ3) is 5.31. The summed E-state index contributed by atoms with van der Waals surface area (Å²) in [5.74, 6) is -0.549. The minimum atomic E-state index is -4.32. The van der Waals surface area contributed by atoms with E-state index in [0.717, 1.165) is 12.1 Å². The molecular formula is C10H12ClF3N2O3. The summed E-state index contributed by atoms with van der Waals surface area (Å²) in [6.45, 7) is 0. The molecule has 0 fully saturated rings. The van der Waals surface area contributed by atoms with Crippen molar-refractivity contribution in [3.05, 3.63) is 33.9 Å². The van der Waals surface area contributed by atoms with Gasteiger partial charge in [-0.3, -0.25) is 10.1 Å². The number of nitrogens with two attached hydrogens (primary N) is 1. The Kier molecular flexibility index (Phi) is 6.04. The van der Waals surface area contributed by atoms with Gasteiger partial charge in [-0.15, -0.1) is 12.4 Å². The second-order valence-electron chi connectivity index (χ2n) is 3.77. The number of nitro benzene ring substituents is 1. The van der Waals surface area contributed by atoms with Gasteiger partial charge in [0.25, 0.3) is 0 Å². The van der Waals surface area contributed by atoms with Crippen LogP contribution < -0.4 is 5.73 Å². The molecule has 1 atom stereocenters. The van der Waals surface area contributed by atoms with Gasteiger partial charge < -0.3 is 10.8 Å². The van der Waals surface area contributed by atoms with Crippen LogP contribution in [0.25, 0.3) is 0 Å². The molecule has 9 heteroatoms. The van der Waals surface area contributed by atoms with Gasteiger partial charge in [-0.05, 0) is 18.1 Å². The van der Waals surface area contributed by atoms with E-state index in [0.29, 0.717) is 0 Å². The Balaban J connectivity index is 0.00000324. The van der Waals surface area contributed by atoms with Gasteiger partial charge in [-0.2, -0.15) is 13.2 Å². The summed E-state index contributed by atoms with van der Waals surface area (Å²) in [4.78, 5) is 9.71. The van der Waals surface area contributed by atoms with Crippen LogP contribution in [0.4, 0.5) is 18.9 Å². The average molecular weight is 301 g/mol. The molecular weight excluding hydrogens is 289 g/mol. The Morgan fingerprint density at radius 2 is 2.00 bits per heavy atom. The lowest BCUT2D eigenvalue weighted by molar-refractivity contribution is -0.385. The smallest absolute Gasteiger partial charge is 0.389 e. The van der Waals surface area contributed by atoms with Crippen LogP contribution in [0.3, 0.4) is 0 Å². The first-order valence-electron chi connectivity index (χ1n) is 5.00. The van der Waals surface area contributed by atoms with Crippen molar-refractivity contribution in [1.82, 2.24) is 0 Å². The van der Waals surface area contributed by atoms with Gasteiger partial charge in [0.15, 0.2) is 5.75 Å².